The molecule has 0 spiro atoms. The SMILES string of the molecule is [Ni].[O]=[Ni].[O]=[Ni]. The Kier molecular flexibility index (Phi) is 240. The second-order valence-electron chi connectivity index (χ2n) is 0. The van der Waals surface area contributed by atoms with Gasteiger partial charge in [0.05, 0.1) is 0 Å². The van der Waals surface area contributed by atoms with Gasteiger partial charge in [0.2, 0.25) is 0 Å². The molecule has 0 N–H and O–H groups in total. The molecule has 0 aliphatic heterocycles. The molecule has 0 heterocycles. The Labute approximate surface area is 55.1 Å². The summed E-state index contributed by atoms with van der Waals surface area (Å²) in [7, 11) is 0. The minimum absolute atomic E-state index is 0. The van der Waals surface area contributed by atoms with Gasteiger partial charge >= 0.3 is 38.6 Å². The molecule has 0 saturated heterocycles. The van der Waals surface area contributed by atoms with Gasteiger partial charge in [-0.3, -0.25) is 0 Å². The summed E-state index contributed by atoms with van der Waals surface area (Å²) < 4.78 is 15.8. The molecule has 0 aromatic heterocycles. The predicted molar refractivity (Wildman–Crippen MR) is 1.37 cm³/mol. The molecule has 0 amide bonds. The fourth-order valence-electron chi connectivity index (χ4n) is 0. The molecule has 0 fully saturated rings. The summed E-state index contributed by atoms with van der Waals surface area (Å²) in [4.78, 5) is 0. The van der Waals surface area contributed by atoms with Crippen molar-refractivity contribution >= 4 is 0 Å². The summed E-state index contributed by atoms with van der Waals surface area (Å²) in [5, 5.41) is 0. The van der Waals surface area contributed by atoms with Crippen LogP contribution in [0.1, 0.15) is 0 Å². The van der Waals surface area contributed by atoms with E-state index in [1.54, 1.807) is 0 Å². The molecule has 5 heavy (non-hydrogen) atoms. The van der Waals surface area contributed by atoms with Crippen molar-refractivity contribution in [2.75, 3.05) is 0 Å². The van der Waals surface area contributed by atoms with Gasteiger partial charge in [0.15, 0.2) is 0 Å². The van der Waals surface area contributed by atoms with Crippen LogP contribution in [0.15, 0.2) is 0 Å². The van der Waals surface area contributed by atoms with E-state index in [1.807, 2.05) is 0 Å². The van der Waals surface area contributed by atoms with Crippen LogP contribution in [0.5, 0.6) is 0 Å². The second-order valence-corrected chi connectivity index (χ2v) is 0. The van der Waals surface area contributed by atoms with Crippen LogP contribution in [0.3, 0.4) is 0 Å². The molecule has 0 unspecified atom stereocenters. The van der Waals surface area contributed by atoms with Crippen LogP contribution in [0.2, 0.25) is 0 Å². The Balaban J connectivity index is -0.0000000133. The topological polar surface area (TPSA) is 34.1 Å². The van der Waals surface area contributed by atoms with Gasteiger partial charge in [0.25, 0.3) is 0 Å². The average Bonchev–Trinajstić information content (AvgIpc) is 1.50. The molecule has 0 aromatic carbocycles. The third kappa shape index (κ3) is 41.3. The zero-order chi connectivity index (χ0) is 4.00. The third-order valence-electron chi connectivity index (χ3n) is 0. The number of hydrogen-bond acceptors (Lipinski definition) is 2. The maximum atomic E-state index is 7.88. The van der Waals surface area contributed by atoms with E-state index in [2.05, 4.69) is 30.8 Å². The Morgan fingerprint density at radius 1 is 0.800 bits per heavy atom. The van der Waals surface area contributed by atoms with Gasteiger partial charge in [-0.2, -0.15) is 0 Å². The van der Waals surface area contributed by atoms with Crippen molar-refractivity contribution in [1.82, 2.24) is 0 Å². The molecule has 0 rings (SSSR count). The van der Waals surface area contributed by atoms with Crippen molar-refractivity contribution in [1.29, 1.82) is 0 Å². The predicted octanol–water partition coefficient (Wildman–Crippen LogP) is -0.245. The summed E-state index contributed by atoms with van der Waals surface area (Å²) in [6.07, 6.45) is 0. The molecule has 0 radical (unpaired) electrons. The van der Waals surface area contributed by atoms with Crippen molar-refractivity contribution in [3.8, 4) is 0 Å². The zero-order valence-corrected chi connectivity index (χ0v) is 4.73. The summed E-state index contributed by atoms with van der Waals surface area (Å²) >= 11 is 5.25. The first-order valence-electron chi connectivity index (χ1n) is 0.258. The van der Waals surface area contributed by atoms with E-state index in [1.165, 1.54) is 0 Å². The molecule has 0 aliphatic carbocycles. The van der Waals surface area contributed by atoms with Gasteiger partial charge in [0, 0.05) is 16.5 Å². The number of rotatable bonds is 0. The van der Waals surface area contributed by atoms with Crippen LogP contribution in [0.25, 0.3) is 0 Å². The summed E-state index contributed by atoms with van der Waals surface area (Å²) in [6, 6.07) is 0. The Morgan fingerprint density at radius 3 is 0.800 bits per heavy atom. The summed E-state index contributed by atoms with van der Waals surface area (Å²) in [5.74, 6) is 0. The van der Waals surface area contributed by atoms with Gasteiger partial charge in [-0.05, 0) is 0 Å². The van der Waals surface area contributed by atoms with Gasteiger partial charge in [0.1, 0.15) is 0 Å². The van der Waals surface area contributed by atoms with Gasteiger partial charge < -0.3 is 0 Å². The van der Waals surface area contributed by atoms with E-state index in [-0.39, 0.29) is 16.5 Å². The van der Waals surface area contributed by atoms with Crippen LogP contribution in [0.4, 0.5) is 0 Å². The first-order valence-corrected chi connectivity index (χ1v) is 1.06. The minimum atomic E-state index is 0. The van der Waals surface area contributed by atoms with E-state index < -0.39 is 0 Å². The normalized spacial score (nSPS) is 2.40. The Morgan fingerprint density at radius 2 is 0.800 bits per heavy atom. The first-order chi connectivity index (χ1) is 2.00. The summed E-state index contributed by atoms with van der Waals surface area (Å²) in [6.45, 7) is 0. The molecule has 0 aromatic rings. The van der Waals surface area contributed by atoms with Crippen molar-refractivity contribution in [3.05, 3.63) is 0 Å². The molecule has 2 nitrogen and oxygen atoms in total. The zero-order valence-electron chi connectivity index (χ0n) is 1.77. The fourth-order valence-corrected chi connectivity index (χ4v) is 0. The van der Waals surface area contributed by atoms with Crippen molar-refractivity contribution in [3.63, 3.8) is 0 Å². The average molecular weight is 208 g/mol. The van der Waals surface area contributed by atoms with E-state index in [0.717, 1.165) is 0 Å². The second kappa shape index (κ2) is 72.5. The Hall–Kier alpha value is 1.08. The molecular formula is Ni3O2. The van der Waals surface area contributed by atoms with Crippen molar-refractivity contribution in [2.24, 2.45) is 0 Å². The first kappa shape index (κ1) is 16.5. The Bertz CT molecular complexity index is 6.85. The fraction of sp³-hybridized carbons (Fsp3) is 0. The quantitative estimate of drug-likeness (QED) is 0.514. The van der Waals surface area contributed by atoms with Crippen LogP contribution in [-0.4, -0.2) is 0 Å². The molecule has 42 valence electrons. The van der Waals surface area contributed by atoms with Crippen LogP contribution < -0.4 is 0 Å². The van der Waals surface area contributed by atoms with Crippen LogP contribution in [-0.2, 0) is 55.1 Å². The molecule has 5 heteroatoms. The standard InChI is InChI=1S/3Ni.2O. The molecule has 0 atom stereocenters. The van der Waals surface area contributed by atoms with Gasteiger partial charge in [-0.1, -0.05) is 0 Å². The molecular weight excluding hydrogens is 208 g/mol. The van der Waals surface area contributed by atoms with E-state index in [4.69, 9.17) is 7.79 Å². The summed E-state index contributed by atoms with van der Waals surface area (Å²) in [5.41, 5.74) is 0. The van der Waals surface area contributed by atoms with Crippen molar-refractivity contribution in [2.45, 2.75) is 0 Å². The monoisotopic (exact) mass is 206 g/mol. The van der Waals surface area contributed by atoms with Crippen molar-refractivity contribution < 1.29 is 55.1 Å². The van der Waals surface area contributed by atoms with E-state index >= 15 is 0 Å². The van der Waals surface area contributed by atoms with E-state index in [0.29, 0.717) is 0 Å². The van der Waals surface area contributed by atoms with Crippen LogP contribution >= 0.6 is 0 Å². The molecule has 0 saturated carbocycles. The van der Waals surface area contributed by atoms with Gasteiger partial charge in [-0.15, -0.1) is 0 Å². The molecule has 0 aliphatic rings. The van der Waals surface area contributed by atoms with E-state index in [9.17, 15) is 0 Å². The number of hydrogen-bond donors (Lipinski definition) is 0. The van der Waals surface area contributed by atoms with Crippen LogP contribution in [0, 0.1) is 0 Å². The third-order valence-corrected chi connectivity index (χ3v) is 0. The molecule has 0 bridgehead atoms. The maximum absolute atomic E-state index is 7.88. The van der Waals surface area contributed by atoms with Gasteiger partial charge in [-0.25, -0.2) is 0 Å².